The number of aryl methyl sites for hydroxylation is 2. The molecule has 0 radical (unpaired) electrons. The summed E-state index contributed by atoms with van der Waals surface area (Å²) in [5.74, 6) is -0.713. The van der Waals surface area contributed by atoms with Crippen molar-refractivity contribution in [1.29, 1.82) is 0 Å². The fourth-order valence-corrected chi connectivity index (χ4v) is 5.03. The number of amides is 1. The Morgan fingerprint density at radius 3 is 2.21 bits per heavy atom. The number of aromatic hydroxyl groups is 1. The summed E-state index contributed by atoms with van der Waals surface area (Å²) in [5, 5.41) is 13.0. The quantitative estimate of drug-likeness (QED) is 0.218. The molecule has 3 rings (SSSR count). The lowest BCUT2D eigenvalue weighted by atomic mass is 9.93. The number of rotatable bonds is 11. The van der Waals surface area contributed by atoms with Crippen LogP contribution in [0.15, 0.2) is 60.7 Å². The van der Waals surface area contributed by atoms with Gasteiger partial charge in [0.15, 0.2) is 0 Å². The highest BCUT2D eigenvalue weighted by molar-refractivity contribution is 7.57. The predicted molar refractivity (Wildman–Crippen MR) is 151 cm³/mol. The molecule has 39 heavy (non-hydrogen) atoms. The van der Waals surface area contributed by atoms with E-state index in [9.17, 15) is 23.8 Å². The first kappa shape index (κ1) is 31.9. The van der Waals surface area contributed by atoms with Crippen molar-refractivity contribution in [3.8, 4) is 5.75 Å². The molecule has 2 atom stereocenters. The summed E-state index contributed by atoms with van der Waals surface area (Å²) in [6, 6.07) is 17.1. The fourth-order valence-electron chi connectivity index (χ4n) is 4.14. The van der Waals surface area contributed by atoms with Crippen LogP contribution in [0, 0.1) is 13.8 Å². The molecule has 0 spiro atoms. The molecular weight excluding hydrogens is 520 g/mol. The number of nitrogens with one attached hydrogen (secondary N) is 1. The van der Waals surface area contributed by atoms with Crippen LogP contribution in [-0.4, -0.2) is 43.7 Å². The third kappa shape index (κ3) is 10.1. The molecule has 0 aliphatic carbocycles. The zero-order chi connectivity index (χ0) is 29.0. The van der Waals surface area contributed by atoms with Crippen LogP contribution in [-0.2, 0) is 37.8 Å². The van der Waals surface area contributed by atoms with Crippen LogP contribution in [0.2, 0.25) is 0 Å². The predicted octanol–water partition coefficient (Wildman–Crippen LogP) is 6.10. The lowest BCUT2D eigenvalue weighted by molar-refractivity contribution is -0.109. The molecule has 3 aromatic rings. The standard InChI is InChI=1S/C27H29FNO5P.C3H8O/c1-18-11-22(17-35(3,33)34-28)12-19(2)24(18)14-21-9-10-26(31)25(15-21)27(32)29-23(16-30)13-20-7-5-4-6-8-20;1-3-4-2/h4-12,15-16,23,31H,13-14,17H2,1-3H3,(H,29,32);3H2,1-2H3/t23-,35?;/m0./s1. The van der Waals surface area contributed by atoms with Crippen molar-refractivity contribution in [3.05, 3.63) is 99.6 Å². The zero-order valence-electron chi connectivity index (χ0n) is 23.1. The number of phenols is 1. The van der Waals surface area contributed by atoms with Gasteiger partial charge < -0.3 is 20.0 Å². The highest BCUT2D eigenvalue weighted by Crippen LogP contribution is 2.46. The number of hydrogen-bond donors (Lipinski definition) is 2. The van der Waals surface area contributed by atoms with E-state index in [1.165, 1.54) is 12.7 Å². The highest BCUT2D eigenvalue weighted by Gasteiger charge is 2.20. The Labute approximate surface area is 229 Å². The monoisotopic (exact) mass is 557 g/mol. The molecule has 0 saturated heterocycles. The third-order valence-corrected chi connectivity index (χ3v) is 7.36. The average Bonchev–Trinajstić information content (AvgIpc) is 2.91. The number of carbonyl (C=O) groups is 2. The number of carbonyl (C=O) groups excluding carboxylic acids is 2. The minimum Gasteiger partial charge on any atom is -0.507 e. The first-order chi connectivity index (χ1) is 18.5. The van der Waals surface area contributed by atoms with Crippen molar-refractivity contribution < 1.29 is 33.3 Å². The molecule has 0 bridgehead atoms. The van der Waals surface area contributed by atoms with Gasteiger partial charge in [0.2, 0.25) is 7.37 Å². The SMILES string of the molecule is CCOC.Cc1cc(CP(C)(=O)OF)cc(C)c1Cc1ccc(O)c(C(=O)N[C@H](C=O)Cc2ccccc2)c1. The van der Waals surface area contributed by atoms with Gasteiger partial charge >= 0.3 is 0 Å². The molecular formula is C30H37FNO6P. The van der Waals surface area contributed by atoms with Crippen LogP contribution in [0.1, 0.15) is 50.7 Å². The topological polar surface area (TPSA) is 102 Å². The molecule has 0 aromatic heterocycles. The summed E-state index contributed by atoms with van der Waals surface area (Å²) in [5.41, 5.74) is 5.38. The van der Waals surface area contributed by atoms with Gasteiger partial charge in [0.25, 0.3) is 5.91 Å². The number of halogens is 1. The van der Waals surface area contributed by atoms with E-state index >= 15 is 0 Å². The van der Waals surface area contributed by atoms with E-state index in [1.54, 1.807) is 19.2 Å². The van der Waals surface area contributed by atoms with E-state index < -0.39 is 19.3 Å². The lowest BCUT2D eigenvalue weighted by Crippen LogP contribution is -2.37. The van der Waals surface area contributed by atoms with E-state index in [4.69, 9.17) is 0 Å². The molecule has 1 amide bonds. The first-order valence-corrected chi connectivity index (χ1v) is 14.9. The molecule has 2 N–H and O–H groups in total. The van der Waals surface area contributed by atoms with Gasteiger partial charge in [0.1, 0.15) is 12.0 Å². The number of ether oxygens (including phenoxy) is 1. The number of methoxy groups -OCH3 is 1. The van der Waals surface area contributed by atoms with Crippen molar-refractivity contribution in [2.75, 3.05) is 20.4 Å². The molecule has 1 unspecified atom stereocenters. The maximum atomic E-state index is 12.9. The van der Waals surface area contributed by atoms with Gasteiger partial charge in [-0.1, -0.05) is 48.5 Å². The van der Waals surface area contributed by atoms with Gasteiger partial charge in [-0.15, -0.1) is 4.73 Å². The lowest BCUT2D eigenvalue weighted by Gasteiger charge is -2.16. The minimum atomic E-state index is -3.34. The van der Waals surface area contributed by atoms with Crippen LogP contribution in [0.5, 0.6) is 5.75 Å². The normalized spacial score (nSPS) is 13.0. The Morgan fingerprint density at radius 1 is 1.05 bits per heavy atom. The Balaban J connectivity index is 0.00000124. The molecule has 3 aromatic carbocycles. The van der Waals surface area contributed by atoms with Gasteiger partial charge in [-0.2, -0.15) is 0 Å². The second kappa shape index (κ2) is 15.3. The summed E-state index contributed by atoms with van der Waals surface area (Å²) in [6.07, 6.45) is 1.52. The third-order valence-electron chi connectivity index (χ3n) is 6.13. The van der Waals surface area contributed by atoms with Crippen molar-refractivity contribution in [3.63, 3.8) is 0 Å². The largest absolute Gasteiger partial charge is 0.507 e. The maximum Gasteiger partial charge on any atom is 0.255 e. The van der Waals surface area contributed by atoms with Gasteiger partial charge in [-0.3, -0.25) is 9.36 Å². The van der Waals surface area contributed by atoms with E-state index in [0.717, 1.165) is 40.0 Å². The molecule has 7 nitrogen and oxygen atoms in total. The number of benzene rings is 3. The van der Waals surface area contributed by atoms with Gasteiger partial charge in [0.05, 0.1) is 17.8 Å². The molecule has 0 aliphatic heterocycles. The summed E-state index contributed by atoms with van der Waals surface area (Å²) in [4.78, 5) is 24.4. The van der Waals surface area contributed by atoms with E-state index in [-0.39, 0.29) is 17.5 Å². The average molecular weight is 558 g/mol. The van der Waals surface area contributed by atoms with Crippen molar-refractivity contribution >= 4 is 19.6 Å². The fraction of sp³-hybridized carbons (Fsp3) is 0.333. The number of aldehydes is 1. The summed E-state index contributed by atoms with van der Waals surface area (Å²) in [6.45, 7) is 7.85. The molecule has 9 heteroatoms. The molecule has 0 saturated carbocycles. The highest BCUT2D eigenvalue weighted by atomic mass is 31.2. The summed E-state index contributed by atoms with van der Waals surface area (Å²) >= 11 is 0. The van der Waals surface area contributed by atoms with Crippen LogP contribution < -0.4 is 5.32 Å². The van der Waals surface area contributed by atoms with Crippen LogP contribution in [0.25, 0.3) is 0 Å². The Morgan fingerprint density at radius 2 is 1.67 bits per heavy atom. The van der Waals surface area contributed by atoms with Crippen molar-refractivity contribution in [1.82, 2.24) is 5.32 Å². The van der Waals surface area contributed by atoms with Crippen LogP contribution in [0.4, 0.5) is 4.53 Å². The van der Waals surface area contributed by atoms with E-state index in [1.807, 2.05) is 63.2 Å². The Bertz CT molecular complexity index is 1270. The van der Waals surface area contributed by atoms with Crippen LogP contribution >= 0.6 is 7.37 Å². The number of phenolic OH excluding ortho intramolecular Hbond substituents is 1. The molecule has 0 fully saturated rings. The molecule has 0 heterocycles. The van der Waals surface area contributed by atoms with Crippen molar-refractivity contribution in [2.45, 2.75) is 45.8 Å². The van der Waals surface area contributed by atoms with E-state index in [2.05, 4.69) is 14.8 Å². The summed E-state index contributed by atoms with van der Waals surface area (Å²) < 4.78 is 32.7. The van der Waals surface area contributed by atoms with Gasteiger partial charge in [-0.25, -0.2) is 0 Å². The Hall–Kier alpha value is -3.32. The van der Waals surface area contributed by atoms with Crippen molar-refractivity contribution in [2.24, 2.45) is 0 Å². The van der Waals surface area contributed by atoms with Crippen LogP contribution in [0.3, 0.4) is 0 Å². The zero-order valence-corrected chi connectivity index (χ0v) is 24.0. The maximum absolute atomic E-state index is 12.9. The van der Waals surface area contributed by atoms with E-state index in [0.29, 0.717) is 19.1 Å². The molecule has 210 valence electrons. The smallest absolute Gasteiger partial charge is 0.255 e. The minimum absolute atomic E-state index is 0.00410. The molecule has 0 aliphatic rings. The van der Waals surface area contributed by atoms with Gasteiger partial charge in [0, 0.05) is 20.4 Å². The van der Waals surface area contributed by atoms with Gasteiger partial charge in [-0.05, 0) is 83.7 Å². The first-order valence-electron chi connectivity index (χ1n) is 12.6. The second-order valence-electron chi connectivity index (χ2n) is 9.46. The Kier molecular flexibility index (Phi) is 12.5. The second-order valence-corrected chi connectivity index (χ2v) is 11.9. The summed E-state index contributed by atoms with van der Waals surface area (Å²) in [7, 11) is -1.66. The number of hydrogen-bond acceptors (Lipinski definition) is 6.